The van der Waals surface area contributed by atoms with Crippen LogP contribution in [0.1, 0.15) is 16.7 Å². The molecule has 0 aliphatic carbocycles. The Morgan fingerprint density at radius 1 is 1.07 bits per heavy atom. The van der Waals surface area contributed by atoms with Crippen LogP contribution in [0.3, 0.4) is 0 Å². The molecule has 0 fully saturated rings. The van der Waals surface area contributed by atoms with Crippen molar-refractivity contribution in [3.8, 4) is 11.5 Å². The molecule has 0 saturated carbocycles. The maximum absolute atomic E-state index is 6.25. The lowest BCUT2D eigenvalue weighted by Gasteiger charge is -2.16. The number of ether oxygens (including phenoxy) is 2. The van der Waals surface area contributed by atoms with Gasteiger partial charge in [0.1, 0.15) is 6.61 Å². The van der Waals surface area contributed by atoms with E-state index < -0.39 is 0 Å². The summed E-state index contributed by atoms with van der Waals surface area (Å²) in [6.45, 7) is 3.09. The molecule has 0 amide bonds. The zero-order valence-electron chi connectivity index (χ0n) is 15.9. The van der Waals surface area contributed by atoms with Crippen LogP contribution in [0.4, 0.5) is 5.69 Å². The first-order valence-corrected chi connectivity index (χ1v) is 11.4. The van der Waals surface area contributed by atoms with Crippen molar-refractivity contribution in [2.24, 2.45) is 0 Å². The van der Waals surface area contributed by atoms with Crippen LogP contribution < -0.4 is 14.8 Å². The molecule has 0 heterocycles. The van der Waals surface area contributed by atoms with Crippen LogP contribution in [-0.4, -0.2) is 7.11 Å². The highest BCUT2D eigenvalue weighted by atomic mass is 127. The summed E-state index contributed by atoms with van der Waals surface area (Å²) in [7, 11) is 1.64. The Kier molecular flexibility index (Phi) is 7.96. The summed E-state index contributed by atoms with van der Waals surface area (Å²) in [6, 6.07) is 15.6. The lowest BCUT2D eigenvalue weighted by Crippen LogP contribution is -2.04. The number of halogens is 4. The standard InChI is InChI=1S/C22H19BrCl2INO2/c1-13-7-16(23)4-6-20(13)27-11-14-8-19(26)22(21(9-14)28-2)29-12-15-3-5-17(24)10-18(15)25/h3-10,27H,11-12H2,1-2H3. The Hall–Kier alpha value is -1.15. The highest BCUT2D eigenvalue weighted by Crippen LogP contribution is 2.35. The van der Waals surface area contributed by atoms with Gasteiger partial charge in [0, 0.05) is 32.3 Å². The topological polar surface area (TPSA) is 30.5 Å². The number of nitrogens with one attached hydrogen (secondary N) is 1. The third-order valence-corrected chi connectivity index (χ3v) is 6.23. The molecule has 0 atom stereocenters. The van der Waals surface area contributed by atoms with E-state index >= 15 is 0 Å². The van der Waals surface area contributed by atoms with Crippen LogP contribution in [0.25, 0.3) is 0 Å². The smallest absolute Gasteiger partial charge is 0.174 e. The second-order valence-corrected chi connectivity index (χ2v) is 9.37. The van der Waals surface area contributed by atoms with Gasteiger partial charge in [-0.1, -0.05) is 45.2 Å². The number of aryl methyl sites for hydroxylation is 1. The Morgan fingerprint density at radius 2 is 1.86 bits per heavy atom. The second-order valence-electron chi connectivity index (χ2n) is 6.45. The van der Waals surface area contributed by atoms with Crippen LogP contribution in [0, 0.1) is 10.5 Å². The molecule has 1 N–H and O–H groups in total. The Morgan fingerprint density at radius 3 is 2.55 bits per heavy atom. The maximum atomic E-state index is 6.25. The molecule has 0 radical (unpaired) electrons. The Bertz CT molecular complexity index is 1030. The highest BCUT2D eigenvalue weighted by Gasteiger charge is 2.13. The van der Waals surface area contributed by atoms with Crippen LogP contribution in [0.15, 0.2) is 53.0 Å². The van der Waals surface area contributed by atoms with Crippen molar-refractivity contribution in [1.29, 1.82) is 0 Å². The molecule has 29 heavy (non-hydrogen) atoms. The van der Waals surface area contributed by atoms with Gasteiger partial charge in [-0.25, -0.2) is 0 Å². The number of methoxy groups -OCH3 is 1. The van der Waals surface area contributed by atoms with Gasteiger partial charge in [-0.2, -0.15) is 0 Å². The van der Waals surface area contributed by atoms with E-state index in [1.807, 2.05) is 18.2 Å². The van der Waals surface area contributed by atoms with E-state index in [-0.39, 0.29) is 0 Å². The van der Waals surface area contributed by atoms with Gasteiger partial charge in [-0.15, -0.1) is 0 Å². The molecule has 0 aliphatic heterocycles. The summed E-state index contributed by atoms with van der Waals surface area (Å²) < 4.78 is 13.6. The van der Waals surface area contributed by atoms with E-state index in [9.17, 15) is 0 Å². The van der Waals surface area contributed by atoms with Crippen molar-refractivity contribution < 1.29 is 9.47 Å². The minimum atomic E-state index is 0.331. The number of hydrogen-bond acceptors (Lipinski definition) is 3. The molecular formula is C22H19BrCl2INO2. The molecule has 3 rings (SSSR count). The van der Waals surface area contributed by atoms with Gasteiger partial charge in [0.25, 0.3) is 0 Å². The van der Waals surface area contributed by atoms with Gasteiger partial charge in [0.2, 0.25) is 0 Å². The number of hydrogen-bond donors (Lipinski definition) is 1. The van der Waals surface area contributed by atoms with E-state index in [1.54, 1.807) is 19.2 Å². The zero-order valence-corrected chi connectivity index (χ0v) is 21.1. The molecular weight excluding hydrogens is 588 g/mol. The summed E-state index contributed by atoms with van der Waals surface area (Å²) in [5.74, 6) is 1.38. The fourth-order valence-corrected chi connectivity index (χ4v) is 4.59. The molecule has 0 bridgehead atoms. The normalized spacial score (nSPS) is 10.7. The van der Waals surface area contributed by atoms with Crippen molar-refractivity contribution in [1.82, 2.24) is 0 Å². The minimum absolute atomic E-state index is 0.331. The van der Waals surface area contributed by atoms with E-state index in [2.05, 4.69) is 69.0 Å². The van der Waals surface area contributed by atoms with Crippen molar-refractivity contribution >= 4 is 67.4 Å². The highest BCUT2D eigenvalue weighted by molar-refractivity contribution is 14.1. The van der Waals surface area contributed by atoms with Gasteiger partial charge in [-0.3, -0.25) is 0 Å². The molecule has 0 aliphatic rings. The summed E-state index contributed by atoms with van der Waals surface area (Å²) in [5.41, 5.74) is 4.25. The summed E-state index contributed by atoms with van der Waals surface area (Å²) in [4.78, 5) is 0. The van der Waals surface area contributed by atoms with Crippen molar-refractivity contribution in [2.75, 3.05) is 12.4 Å². The molecule has 3 nitrogen and oxygen atoms in total. The van der Waals surface area contributed by atoms with Crippen LogP contribution in [0.5, 0.6) is 11.5 Å². The first kappa shape index (κ1) is 22.5. The van der Waals surface area contributed by atoms with E-state index in [4.69, 9.17) is 32.7 Å². The lowest BCUT2D eigenvalue weighted by atomic mass is 10.1. The summed E-state index contributed by atoms with van der Waals surface area (Å²) >= 11 is 18.0. The SMILES string of the molecule is COc1cc(CNc2ccc(Br)cc2C)cc(I)c1OCc1ccc(Cl)cc1Cl. The van der Waals surface area contributed by atoms with E-state index in [0.29, 0.717) is 34.7 Å². The van der Waals surface area contributed by atoms with Gasteiger partial charge in [0.05, 0.1) is 10.7 Å². The van der Waals surface area contributed by atoms with Gasteiger partial charge in [-0.05, 0) is 83.1 Å². The van der Waals surface area contributed by atoms with Gasteiger partial charge >= 0.3 is 0 Å². The average Bonchev–Trinajstić information content (AvgIpc) is 2.67. The number of rotatable bonds is 7. The van der Waals surface area contributed by atoms with E-state index in [1.165, 1.54) is 5.56 Å². The number of benzene rings is 3. The lowest BCUT2D eigenvalue weighted by molar-refractivity contribution is 0.282. The van der Waals surface area contributed by atoms with E-state index in [0.717, 1.165) is 24.9 Å². The van der Waals surface area contributed by atoms with Crippen LogP contribution in [-0.2, 0) is 13.2 Å². The molecule has 3 aromatic carbocycles. The van der Waals surface area contributed by atoms with Crippen LogP contribution >= 0.6 is 61.7 Å². The largest absolute Gasteiger partial charge is 0.493 e. The summed E-state index contributed by atoms with van der Waals surface area (Å²) in [6.07, 6.45) is 0. The second kappa shape index (κ2) is 10.2. The molecule has 7 heteroatoms. The third-order valence-electron chi connectivity index (χ3n) is 4.35. The Balaban J connectivity index is 1.74. The predicted octanol–water partition coefficient (Wildman–Crippen LogP) is 7.87. The molecule has 0 spiro atoms. The monoisotopic (exact) mass is 605 g/mol. The maximum Gasteiger partial charge on any atom is 0.174 e. The molecule has 0 saturated heterocycles. The number of anilines is 1. The van der Waals surface area contributed by atoms with Crippen LogP contribution in [0.2, 0.25) is 10.0 Å². The Labute approximate surface area is 203 Å². The fraction of sp³-hybridized carbons (Fsp3) is 0.182. The minimum Gasteiger partial charge on any atom is -0.493 e. The molecule has 152 valence electrons. The first-order chi connectivity index (χ1) is 13.9. The zero-order chi connectivity index (χ0) is 21.0. The molecule has 0 aromatic heterocycles. The first-order valence-electron chi connectivity index (χ1n) is 8.80. The summed E-state index contributed by atoms with van der Waals surface area (Å²) in [5, 5.41) is 4.66. The average molecular weight is 607 g/mol. The van der Waals surface area contributed by atoms with Crippen molar-refractivity contribution in [3.05, 3.63) is 83.3 Å². The molecule has 0 unspecified atom stereocenters. The van der Waals surface area contributed by atoms with Gasteiger partial charge < -0.3 is 14.8 Å². The van der Waals surface area contributed by atoms with Gasteiger partial charge in [0.15, 0.2) is 11.5 Å². The van der Waals surface area contributed by atoms with Crippen molar-refractivity contribution in [2.45, 2.75) is 20.1 Å². The van der Waals surface area contributed by atoms with Crippen molar-refractivity contribution in [3.63, 3.8) is 0 Å². The predicted molar refractivity (Wildman–Crippen MR) is 133 cm³/mol. The third kappa shape index (κ3) is 5.94. The quantitative estimate of drug-likeness (QED) is 0.278. The molecule has 3 aromatic rings. The fourth-order valence-electron chi connectivity index (χ4n) is 2.83.